The molecule has 0 spiro atoms. The standard InChI is InChI=1S/C14H12N4O/c15-12-5-3-10(4-6-12)8-13-17-14(18-19-13)11-2-1-7-16-9-11/h1-7,9H,8,15H2. The minimum atomic E-state index is 0.554. The Morgan fingerprint density at radius 2 is 1.95 bits per heavy atom. The van der Waals surface area contributed by atoms with Crippen LogP contribution in [0, 0.1) is 0 Å². The van der Waals surface area contributed by atoms with Gasteiger partial charge in [0.25, 0.3) is 0 Å². The van der Waals surface area contributed by atoms with Crippen molar-refractivity contribution >= 4 is 5.69 Å². The Bertz CT molecular complexity index is 661. The number of nitrogen functional groups attached to an aromatic ring is 1. The van der Waals surface area contributed by atoms with Crippen molar-refractivity contribution in [2.24, 2.45) is 0 Å². The second-order valence-corrected chi connectivity index (χ2v) is 4.17. The lowest BCUT2D eigenvalue weighted by atomic mass is 10.1. The van der Waals surface area contributed by atoms with Crippen molar-refractivity contribution in [3.63, 3.8) is 0 Å². The third-order valence-corrected chi connectivity index (χ3v) is 2.72. The third kappa shape index (κ3) is 2.60. The third-order valence-electron chi connectivity index (χ3n) is 2.72. The lowest BCUT2D eigenvalue weighted by Gasteiger charge is -1.97. The van der Waals surface area contributed by atoms with E-state index in [1.54, 1.807) is 12.4 Å². The van der Waals surface area contributed by atoms with E-state index in [4.69, 9.17) is 10.3 Å². The molecule has 0 aliphatic heterocycles. The van der Waals surface area contributed by atoms with Crippen LogP contribution in [0.2, 0.25) is 0 Å². The van der Waals surface area contributed by atoms with Crippen molar-refractivity contribution in [1.29, 1.82) is 0 Å². The number of hydrogen-bond donors (Lipinski definition) is 1. The van der Waals surface area contributed by atoms with Gasteiger partial charge in [0.05, 0.1) is 6.42 Å². The van der Waals surface area contributed by atoms with E-state index in [2.05, 4.69) is 15.1 Å². The number of nitrogens with zero attached hydrogens (tertiary/aromatic N) is 3. The Hall–Kier alpha value is -2.69. The minimum Gasteiger partial charge on any atom is -0.399 e. The summed E-state index contributed by atoms with van der Waals surface area (Å²) in [5.41, 5.74) is 8.30. The number of benzene rings is 1. The normalized spacial score (nSPS) is 10.5. The summed E-state index contributed by atoms with van der Waals surface area (Å²) in [7, 11) is 0. The van der Waals surface area contributed by atoms with Crippen molar-refractivity contribution in [3.05, 3.63) is 60.2 Å². The molecule has 0 bridgehead atoms. The van der Waals surface area contributed by atoms with Gasteiger partial charge in [-0.05, 0) is 29.8 Å². The largest absolute Gasteiger partial charge is 0.399 e. The van der Waals surface area contributed by atoms with Crippen LogP contribution in [0.5, 0.6) is 0 Å². The molecular weight excluding hydrogens is 240 g/mol. The molecule has 2 N–H and O–H groups in total. The first-order valence-electron chi connectivity index (χ1n) is 5.89. The number of aromatic nitrogens is 3. The van der Waals surface area contributed by atoms with Gasteiger partial charge in [-0.1, -0.05) is 17.3 Å². The van der Waals surface area contributed by atoms with E-state index in [1.165, 1.54) is 0 Å². The van der Waals surface area contributed by atoms with E-state index in [0.29, 0.717) is 18.1 Å². The SMILES string of the molecule is Nc1ccc(Cc2nc(-c3cccnc3)no2)cc1. The van der Waals surface area contributed by atoms with Crippen molar-refractivity contribution < 1.29 is 4.52 Å². The van der Waals surface area contributed by atoms with Crippen molar-refractivity contribution in [1.82, 2.24) is 15.1 Å². The fourth-order valence-electron chi connectivity index (χ4n) is 1.75. The highest BCUT2D eigenvalue weighted by molar-refractivity contribution is 5.52. The summed E-state index contributed by atoms with van der Waals surface area (Å²) in [6, 6.07) is 11.3. The highest BCUT2D eigenvalue weighted by atomic mass is 16.5. The van der Waals surface area contributed by atoms with Crippen LogP contribution >= 0.6 is 0 Å². The highest BCUT2D eigenvalue weighted by Crippen LogP contribution is 2.16. The molecule has 3 rings (SSSR count). The summed E-state index contributed by atoms with van der Waals surface area (Å²) < 4.78 is 5.23. The molecule has 0 atom stereocenters. The van der Waals surface area contributed by atoms with E-state index in [0.717, 1.165) is 16.8 Å². The van der Waals surface area contributed by atoms with Crippen molar-refractivity contribution in [3.8, 4) is 11.4 Å². The fourth-order valence-corrected chi connectivity index (χ4v) is 1.75. The molecule has 2 heterocycles. The summed E-state index contributed by atoms with van der Waals surface area (Å²) in [6.07, 6.45) is 4.00. The predicted octanol–water partition coefficient (Wildman–Crippen LogP) is 2.30. The van der Waals surface area contributed by atoms with Crippen LogP contribution in [0.25, 0.3) is 11.4 Å². The first kappa shape index (κ1) is 11.4. The van der Waals surface area contributed by atoms with Gasteiger partial charge in [0, 0.05) is 23.6 Å². The lowest BCUT2D eigenvalue weighted by molar-refractivity contribution is 0.385. The van der Waals surface area contributed by atoms with E-state index < -0.39 is 0 Å². The summed E-state index contributed by atoms with van der Waals surface area (Å²) >= 11 is 0. The molecule has 0 aliphatic rings. The Morgan fingerprint density at radius 1 is 1.11 bits per heavy atom. The van der Waals surface area contributed by atoms with Gasteiger partial charge >= 0.3 is 0 Å². The van der Waals surface area contributed by atoms with Gasteiger partial charge in [-0.25, -0.2) is 0 Å². The summed E-state index contributed by atoms with van der Waals surface area (Å²) in [4.78, 5) is 8.38. The number of hydrogen-bond acceptors (Lipinski definition) is 5. The van der Waals surface area contributed by atoms with Crippen molar-refractivity contribution in [2.75, 3.05) is 5.73 Å². The Labute approximate surface area is 110 Å². The topological polar surface area (TPSA) is 77.8 Å². The number of anilines is 1. The molecule has 2 aromatic heterocycles. The van der Waals surface area contributed by atoms with Crippen LogP contribution < -0.4 is 5.73 Å². The first-order valence-corrected chi connectivity index (χ1v) is 5.89. The molecule has 0 fully saturated rings. The van der Waals surface area contributed by atoms with Gasteiger partial charge in [0.15, 0.2) is 0 Å². The number of pyridine rings is 1. The number of rotatable bonds is 3. The second kappa shape index (κ2) is 4.89. The van der Waals surface area contributed by atoms with E-state index >= 15 is 0 Å². The van der Waals surface area contributed by atoms with Gasteiger partial charge in [0.2, 0.25) is 11.7 Å². The maximum Gasteiger partial charge on any atom is 0.231 e. The zero-order valence-electron chi connectivity index (χ0n) is 10.2. The van der Waals surface area contributed by atoms with Crippen LogP contribution in [-0.4, -0.2) is 15.1 Å². The van der Waals surface area contributed by atoms with Gasteiger partial charge in [-0.3, -0.25) is 4.98 Å². The van der Waals surface area contributed by atoms with Crippen molar-refractivity contribution in [2.45, 2.75) is 6.42 Å². The summed E-state index contributed by atoms with van der Waals surface area (Å²) in [5, 5.41) is 3.95. The molecular formula is C14H12N4O. The van der Waals surface area contributed by atoms with Crippen LogP contribution in [0.3, 0.4) is 0 Å². The molecule has 0 radical (unpaired) electrons. The number of nitrogens with two attached hydrogens (primary N) is 1. The molecule has 94 valence electrons. The Balaban J connectivity index is 1.80. The fraction of sp³-hybridized carbons (Fsp3) is 0.0714. The highest BCUT2D eigenvalue weighted by Gasteiger charge is 2.08. The molecule has 0 aliphatic carbocycles. The molecule has 3 aromatic rings. The van der Waals surface area contributed by atoms with E-state index in [1.807, 2.05) is 36.4 Å². The van der Waals surface area contributed by atoms with Crippen LogP contribution in [0.15, 0.2) is 53.3 Å². The monoisotopic (exact) mass is 252 g/mol. The average molecular weight is 252 g/mol. The van der Waals surface area contributed by atoms with Crippen LogP contribution in [0.4, 0.5) is 5.69 Å². The quantitative estimate of drug-likeness (QED) is 0.724. The molecule has 0 amide bonds. The van der Waals surface area contributed by atoms with E-state index in [-0.39, 0.29) is 0 Å². The maximum atomic E-state index is 5.64. The predicted molar refractivity (Wildman–Crippen MR) is 71.2 cm³/mol. The summed E-state index contributed by atoms with van der Waals surface area (Å²) in [6.45, 7) is 0. The average Bonchev–Trinajstić information content (AvgIpc) is 2.91. The van der Waals surface area contributed by atoms with E-state index in [9.17, 15) is 0 Å². The van der Waals surface area contributed by atoms with Gasteiger partial charge in [0.1, 0.15) is 0 Å². The molecule has 5 heteroatoms. The Kier molecular flexibility index (Phi) is 2.94. The molecule has 0 unspecified atom stereocenters. The van der Waals surface area contributed by atoms with Gasteiger partial charge < -0.3 is 10.3 Å². The van der Waals surface area contributed by atoms with Gasteiger partial charge in [-0.2, -0.15) is 4.98 Å². The lowest BCUT2D eigenvalue weighted by Crippen LogP contribution is -1.90. The summed E-state index contributed by atoms with van der Waals surface area (Å²) in [5.74, 6) is 1.13. The zero-order valence-corrected chi connectivity index (χ0v) is 10.2. The molecule has 19 heavy (non-hydrogen) atoms. The molecule has 5 nitrogen and oxygen atoms in total. The smallest absolute Gasteiger partial charge is 0.231 e. The second-order valence-electron chi connectivity index (χ2n) is 4.17. The maximum absolute atomic E-state index is 5.64. The molecule has 1 aromatic carbocycles. The van der Waals surface area contributed by atoms with Crippen LogP contribution in [-0.2, 0) is 6.42 Å². The molecule has 0 saturated heterocycles. The zero-order chi connectivity index (χ0) is 13.1. The van der Waals surface area contributed by atoms with Gasteiger partial charge in [-0.15, -0.1) is 0 Å². The minimum absolute atomic E-state index is 0.554. The first-order chi connectivity index (χ1) is 9.31. The van der Waals surface area contributed by atoms with Crippen LogP contribution in [0.1, 0.15) is 11.5 Å². The Morgan fingerprint density at radius 3 is 2.68 bits per heavy atom. The molecule has 0 saturated carbocycles.